The number of anilines is 2. The van der Waals surface area contributed by atoms with Crippen LogP contribution in [0.25, 0.3) is 11.3 Å². The van der Waals surface area contributed by atoms with Crippen molar-refractivity contribution in [3.63, 3.8) is 0 Å². The van der Waals surface area contributed by atoms with E-state index < -0.39 is 5.82 Å². The number of halogens is 2. The molecule has 0 bridgehead atoms. The zero-order valence-electron chi connectivity index (χ0n) is 18.3. The number of aromatic nitrogens is 4. The summed E-state index contributed by atoms with van der Waals surface area (Å²) in [5, 5.41) is 3.03. The summed E-state index contributed by atoms with van der Waals surface area (Å²) in [5.41, 5.74) is 11.4. The number of rotatable bonds is 6. The van der Waals surface area contributed by atoms with E-state index in [2.05, 4.69) is 32.3 Å². The van der Waals surface area contributed by atoms with Crippen LogP contribution in [0, 0.1) is 12.7 Å². The molecule has 1 aliphatic carbocycles. The summed E-state index contributed by atoms with van der Waals surface area (Å²) >= 11 is 5.83. The van der Waals surface area contributed by atoms with E-state index in [-0.39, 0.29) is 17.1 Å². The summed E-state index contributed by atoms with van der Waals surface area (Å²) in [6.07, 6.45) is 10.7. The summed E-state index contributed by atoms with van der Waals surface area (Å²) in [6.45, 7) is 5.79. The van der Waals surface area contributed by atoms with Crippen LogP contribution >= 0.6 is 11.6 Å². The number of hydrogen-bond donors (Lipinski definition) is 3. The lowest BCUT2D eigenvalue weighted by atomic mass is 9.92. The number of nitrogens with two attached hydrogens (primary N) is 1. The predicted octanol–water partition coefficient (Wildman–Crippen LogP) is 4.58. The van der Waals surface area contributed by atoms with E-state index in [1.165, 1.54) is 12.1 Å². The maximum absolute atomic E-state index is 13.4. The fraction of sp³-hybridized carbons (Fsp3) is 0.304. The van der Waals surface area contributed by atoms with Gasteiger partial charge in [0.15, 0.2) is 0 Å². The number of hydrogen-bond acceptors (Lipinski definition) is 6. The smallest absolute Gasteiger partial charge is 0.227 e. The Labute approximate surface area is 196 Å². The van der Waals surface area contributed by atoms with Gasteiger partial charge in [0.05, 0.1) is 23.0 Å². The number of benzene rings is 1. The van der Waals surface area contributed by atoms with Crippen LogP contribution in [0.1, 0.15) is 31.5 Å². The first kappa shape index (κ1) is 22.9. The molecule has 2 heterocycles. The maximum atomic E-state index is 13.4. The zero-order valence-corrected chi connectivity index (χ0v) is 19.1. The molecule has 1 aromatic carbocycles. The first-order valence-electron chi connectivity index (χ1n) is 10.7. The first-order chi connectivity index (χ1) is 15.9. The predicted molar refractivity (Wildman–Crippen MR) is 130 cm³/mol. The molecule has 33 heavy (non-hydrogen) atoms. The van der Waals surface area contributed by atoms with Gasteiger partial charge in [0.2, 0.25) is 5.95 Å². The summed E-state index contributed by atoms with van der Waals surface area (Å²) < 4.78 is 15.2. The molecule has 1 saturated carbocycles. The van der Waals surface area contributed by atoms with E-state index in [1.807, 2.05) is 11.6 Å². The fourth-order valence-corrected chi connectivity index (χ4v) is 3.87. The van der Waals surface area contributed by atoms with Crippen molar-refractivity contribution in [3.05, 3.63) is 66.1 Å². The average molecular weight is 469 g/mol. The highest BCUT2D eigenvalue weighted by atomic mass is 35.5. The molecule has 4 rings (SSSR count). The van der Waals surface area contributed by atoms with Crippen molar-refractivity contribution in [1.29, 1.82) is 0 Å². The molecular weight excluding hydrogens is 443 g/mol. The Kier molecular flexibility index (Phi) is 7.00. The normalized spacial score (nSPS) is 18.7. The molecule has 0 amide bonds. The van der Waals surface area contributed by atoms with Crippen molar-refractivity contribution in [2.75, 3.05) is 10.7 Å². The van der Waals surface area contributed by atoms with Crippen molar-refractivity contribution in [2.24, 2.45) is 10.7 Å². The quantitative estimate of drug-likeness (QED) is 0.361. The van der Waals surface area contributed by atoms with E-state index >= 15 is 0 Å². The molecule has 0 spiro atoms. The maximum Gasteiger partial charge on any atom is 0.227 e. The van der Waals surface area contributed by atoms with Crippen LogP contribution in [0.15, 0.2) is 54.4 Å². The Balaban J connectivity index is 1.51. The van der Waals surface area contributed by atoms with Crippen LogP contribution < -0.4 is 16.5 Å². The molecule has 172 valence electrons. The van der Waals surface area contributed by atoms with Gasteiger partial charge in [-0.2, -0.15) is 0 Å². The molecular formula is C23H26ClFN8. The summed E-state index contributed by atoms with van der Waals surface area (Å²) in [5.74, 6) is 1.31. The molecule has 3 aromatic rings. The molecule has 2 aromatic heterocycles. The number of nitrogens with one attached hydrogen (secondary N) is 2. The summed E-state index contributed by atoms with van der Waals surface area (Å²) in [6, 6.07) is 4.83. The van der Waals surface area contributed by atoms with Gasteiger partial charge >= 0.3 is 0 Å². The monoisotopic (exact) mass is 468 g/mol. The summed E-state index contributed by atoms with van der Waals surface area (Å²) in [7, 11) is 0. The zero-order chi connectivity index (χ0) is 23.4. The van der Waals surface area contributed by atoms with Gasteiger partial charge in [-0.05, 0) is 56.9 Å². The highest BCUT2D eigenvalue weighted by molar-refractivity contribution is 6.31. The Morgan fingerprint density at radius 1 is 1.21 bits per heavy atom. The lowest BCUT2D eigenvalue weighted by molar-refractivity contribution is 0.396. The second-order valence-electron chi connectivity index (χ2n) is 7.97. The van der Waals surface area contributed by atoms with Crippen molar-refractivity contribution < 1.29 is 4.39 Å². The minimum Gasteiger partial charge on any atom is -0.328 e. The third-order valence-corrected chi connectivity index (χ3v) is 5.83. The number of nitrogens with zero attached hydrogens (tertiary/aromatic N) is 5. The molecule has 0 atom stereocenters. The molecule has 10 heteroatoms. The van der Waals surface area contributed by atoms with Crippen LogP contribution in [-0.2, 0) is 0 Å². The van der Waals surface area contributed by atoms with Crippen molar-refractivity contribution in [1.82, 2.24) is 19.6 Å². The van der Waals surface area contributed by atoms with Gasteiger partial charge in [-0.1, -0.05) is 18.2 Å². The molecule has 8 nitrogen and oxygen atoms in total. The SMILES string of the molecule is C=CC(=NC1CCC(N)CC1)Nn1c(-c2cnc(Nc3ccc(F)c(Cl)c3)nc2)cnc1C. The van der Waals surface area contributed by atoms with Crippen LogP contribution in [-0.4, -0.2) is 37.5 Å². The molecule has 1 fully saturated rings. The van der Waals surface area contributed by atoms with Gasteiger partial charge in [-0.25, -0.2) is 24.0 Å². The van der Waals surface area contributed by atoms with Crippen molar-refractivity contribution in [3.8, 4) is 11.3 Å². The van der Waals surface area contributed by atoms with Crippen molar-refractivity contribution >= 4 is 29.1 Å². The lowest BCUT2D eigenvalue weighted by Crippen LogP contribution is -2.30. The highest BCUT2D eigenvalue weighted by Gasteiger charge is 2.18. The van der Waals surface area contributed by atoms with E-state index in [0.717, 1.165) is 42.8 Å². The Morgan fingerprint density at radius 3 is 2.61 bits per heavy atom. The molecule has 0 unspecified atom stereocenters. The van der Waals surface area contributed by atoms with E-state index in [9.17, 15) is 4.39 Å². The lowest BCUT2D eigenvalue weighted by Gasteiger charge is -2.24. The van der Waals surface area contributed by atoms with Gasteiger partial charge in [0.25, 0.3) is 0 Å². The minimum absolute atomic E-state index is 0.0258. The molecule has 1 aliphatic rings. The Morgan fingerprint density at radius 2 is 1.94 bits per heavy atom. The van der Waals surface area contributed by atoms with E-state index in [1.54, 1.807) is 30.7 Å². The highest BCUT2D eigenvalue weighted by Crippen LogP contribution is 2.24. The van der Waals surface area contributed by atoms with Gasteiger partial charge in [0, 0.05) is 29.7 Å². The third-order valence-electron chi connectivity index (χ3n) is 5.54. The fourth-order valence-electron chi connectivity index (χ4n) is 3.69. The van der Waals surface area contributed by atoms with Crippen LogP contribution in [0.3, 0.4) is 0 Å². The topological polar surface area (TPSA) is 106 Å². The van der Waals surface area contributed by atoms with Crippen LogP contribution in [0.2, 0.25) is 5.02 Å². The van der Waals surface area contributed by atoms with E-state index in [4.69, 9.17) is 22.3 Å². The van der Waals surface area contributed by atoms with Crippen molar-refractivity contribution in [2.45, 2.75) is 44.7 Å². The van der Waals surface area contributed by atoms with Crippen LogP contribution in [0.5, 0.6) is 0 Å². The second kappa shape index (κ2) is 10.1. The molecule has 0 radical (unpaired) electrons. The van der Waals surface area contributed by atoms with Gasteiger partial charge in [0.1, 0.15) is 17.5 Å². The van der Waals surface area contributed by atoms with Gasteiger partial charge in [-0.3, -0.25) is 10.4 Å². The Bertz CT molecular complexity index is 1150. The second-order valence-corrected chi connectivity index (χ2v) is 8.38. The Hall–Kier alpha value is -3.30. The van der Waals surface area contributed by atoms with Crippen LogP contribution in [0.4, 0.5) is 16.0 Å². The minimum atomic E-state index is -0.482. The number of imidazole rings is 1. The molecule has 0 aliphatic heterocycles. The van der Waals surface area contributed by atoms with Gasteiger partial charge < -0.3 is 11.1 Å². The van der Waals surface area contributed by atoms with Gasteiger partial charge in [-0.15, -0.1) is 0 Å². The number of aryl methyl sites for hydroxylation is 1. The summed E-state index contributed by atoms with van der Waals surface area (Å²) in [4.78, 5) is 18.0. The molecule has 0 saturated heterocycles. The largest absolute Gasteiger partial charge is 0.328 e. The van der Waals surface area contributed by atoms with E-state index in [0.29, 0.717) is 17.5 Å². The first-order valence-corrected chi connectivity index (χ1v) is 11.1. The number of aliphatic imine (C=N–C) groups is 1. The number of amidine groups is 1. The standard InChI is InChI=1S/C23H26ClFN8/c1-3-22(30-17-6-4-16(26)5-7-17)32-33-14(2)27-13-21(33)15-11-28-23(29-12-15)31-18-8-9-20(25)19(24)10-18/h3,8-13,16-17H,1,4-7,26H2,2H3,(H,30,32)(H,28,29,31). The third kappa shape index (κ3) is 5.55. The molecule has 4 N–H and O–H groups in total. The average Bonchev–Trinajstić information content (AvgIpc) is 3.17.